The molecule has 0 saturated carbocycles. The number of ether oxygens (including phenoxy) is 1. The number of benzene rings is 2. The van der Waals surface area contributed by atoms with Crippen LogP contribution in [0.2, 0.25) is 5.02 Å². The minimum Gasteiger partial charge on any atom is -0.489 e. The summed E-state index contributed by atoms with van der Waals surface area (Å²) in [4.78, 5) is 0. The van der Waals surface area contributed by atoms with Gasteiger partial charge in [-0.15, -0.1) is 0 Å². The highest BCUT2D eigenvalue weighted by Gasteiger charge is 2.05. The molecule has 1 nitrogen and oxygen atoms in total. The summed E-state index contributed by atoms with van der Waals surface area (Å²) in [6, 6.07) is 12.4. The van der Waals surface area contributed by atoms with Crippen LogP contribution in [0.15, 0.2) is 42.5 Å². The van der Waals surface area contributed by atoms with Crippen molar-refractivity contribution in [1.29, 1.82) is 0 Å². The quantitative estimate of drug-likeness (QED) is 0.786. The second-order valence-corrected chi connectivity index (χ2v) is 4.19. The lowest BCUT2D eigenvalue weighted by Crippen LogP contribution is -1.97. The molecule has 0 saturated heterocycles. The van der Waals surface area contributed by atoms with Gasteiger partial charge in [-0.1, -0.05) is 41.4 Å². The zero-order valence-electron chi connectivity index (χ0n) is 9.41. The highest BCUT2D eigenvalue weighted by atomic mass is 35.5. The Hall–Kier alpha value is -1.54. The molecule has 2 aromatic rings. The Morgan fingerprint density at radius 1 is 1.12 bits per heavy atom. The van der Waals surface area contributed by atoms with E-state index in [1.54, 1.807) is 12.1 Å². The molecule has 0 aliphatic rings. The fourth-order valence-corrected chi connectivity index (χ4v) is 1.64. The van der Waals surface area contributed by atoms with Crippen molar-refractivity contribution in [3.63, 3.8) is 0 Å². The fourth-order valence-electron chi connectivity index (χ4n) is 1.46. The first-order valence-corrected chi connectivity index (χ1v) is 5.67. The highest BCUT2D eigenvalue weighted by molar-refractivity contribution is 6.31. The van der Waals surface area contributed by atoms with Crippen molar-refractivity contribution in [3.8, 4) is 5.75 Å². The molecule has 0 fully saturated rings. The van der Waals surface area contributed by atoms with E-state index in [1.165, 1.54) is 11.6 Å². The zero-order chi connectivity index (χ0) is 12.3. The summed E-state index contributed by atoms with van der Waals surface area (Å²) >= 11 is 5.83. The molecule has 0 aromatic heterocycles. The molecule has 0 N–H and O–H groups in total. The van der Waals surface area contributed by atoms with Gasteiger partial charge in [-0.05, 0) is 25.1 Å². The average Bonchev–Trinajstić information content (AvgIpc) is 2.33. The van der Waals surface area contributed by atoms with Crippen LogP contribution in [0.1, 0.15) is 11.1 Å². The molecule has 3 heteroatoms. The van der Waals surface area contributed by atoms with Gasteiger partial charge in [0.1, 0.15) is 18.2 Å². The minimum atomic E-state index is -0.420. The Balaban J connectivity index is 2.07. The topological polar surface area (TPSA) is 9.23 Å². The average molecular weight is 251 g/mol. The Kier molecular flexibility index (Phi) is 3.64. The highest BCUT2D eigenvalue weighted by Crippen LogP contribution is 2.21. The van der Waals surface area contributed by atoms with Crippen molar-refractivity contribution in [2.75, 3.05) is 0 Å². The van der Waals surface area contributed by atoms with E-state index in [0.717, 1.165) is 5.75 Å². The Morgan fingerprint density at radius 3 is 2.53 bits per heavy atom. The first-order chi connectivity index (χ1) is 8.16. The van der Waals surface area contributed by atoms with E-state index < -0.39 is 5.82 Å². The molecule has 0 radical (unpaired) electrons. The SMILES string of the molecule is Cc1ccc(OCc2cccc(F)c2Cl)cc1. The van der Waals surface area contributed by atoms with Crippen LogP contribution >= 0.6 is 11.6 Å². The lowest BCUT2D eigenvalue weighted by Gasteiger charge is -2.08. The van der Waals surface area contributed by atoms with Crippen LogP contribution in [-0.4, -0.2) is 0 Å². The maximum Gasteiger partial charge on any atom is 0.142 e. The molecule has 0 aliphatic carbocycles. The number of rotatable bonds is 3. The predicted molar refractivity (Wildman–Crippen MR) is 66.9 cm³/mol. The molecule has 0 heterocycles. The van der Waals surface area contributed by atoms with Crippen molar-refractivity contribution in [2.24, 2.45) is 0 Å². The van der Waals surface area contributed by atoms with Gasteiger partial charge in [0.15, 0.2) is 0 Å². The van der Waals surface area contributed by atoms with Gasteiger partial charge in [-0.2, -0.15) is 0 Å². The molecule has 0 spiro atoms. The van der Waals surface area contributed by atoms with E-state index in [1.807, 2.05) is 31.2 Å². The fraction of sp³-hybridized carbons (Fsp3) is 0.143. The van der Waals surface area contributed by atoms with E-state index in [0.29, 0.717) is 5.56 Å². The molecule has 0 atom stereocenters. The van der Waals surface area contributed by atoms with Gasteiger partial charge in [0.25, 0.3) is 0 Å². The number of aryl methyl sites for hydroxylation is 1. The van der Waals surface area contributed by atoms with Crippen molar-refractivity contribution in [3.05, 3.63) is 64.4 Å². The summed E-state index contributed by atoms with van der Waals surface area (Å²) < 4.78 is 18.7. The molecule has 2 rings (SSSR count). The zero-order valence-corrected chi connectivity index (χ0v) is 10.2. The third kappa shape index (κ3) is 2.98. The summed E-state index contributed by atoms with van der Waals surface area (Å²) in [6.45, 7) is 2.27. The smallest absolute Gasteiger partial charge is 0.142 e. The first-order valence-electron chi connectivity index (χ1n) is 5.29. The van der Waals surface area contributed by atoms with E-state index in [-0.39, 0.29) is 11.6 Å². The monoisotopic (exact) mass is 250 g/mol. The summed E-state index contributed by atoms with van der Waals surface area (Å²) in [7, 11) is 0. The van der Waals surface area contributed by atoms with E-state index in [2.05, 4.69) is 0 Å². The van der Waals surface area contributed by atoms with Crippen LogP contribution in [0.5, 0.6) is 5.75 Å². The maximum absolute atomic E-state index is 13.2. The molecule has 0 amide bonds. The van der Waals surface area contributed by atoms with Crippen LogP contribution in [-0.2, 0) is 6.61 Å². The van der Waals surface area contributed by atoms with Gasteiger partial charge >= 0.3 is 0 Å². The summed E-state index contributed by atoms with van der Waals surface area (Å²) in [5.41, 5.74) is 1.81. The van der Waals surface area contributed by atoms with E-state index in [9.17, 15) is 4.39 Å². The normalized spacial score (nSPS) is 10.3. The predicted octanol–water partition coefficient (Wildman–Crippen LogP) is 4.37. The van der Waals surface area contributed by atoms with Gasteiger partial charge in [0.05, 0.1) is 5.02 Å². The van der Waals surface area contributed by atoms with Gasteiger partial charge in [-0.3, -0.25) is 0 Å². The van der Waals surface area contributed by atoms with Crippen molar-refractivity contribution < 1.29 is 9.13 Å². The third-order valence-corrected chi connectivity index (χ3v) is 2.87. The van der Waals surface area contributed by atoms with Crippen LogP contribution in [0.3, 0.4) is 0 Å². The lowest BCUT2D eigenvalue weighted by atomic mass is 10.2. The van der Waals surface area contributed by atoms with Crippen molar-refractivity contribution in [2.45, 2.75) is 13.5 Å². The van der Waals surface area contributed by atoms with E-state index in [4.69, 9.17) is 16.3 Å². The van der Waals surface area contributed by atoms with Crippen LogP contribution in [0, 0.1) is 12.7 Å². The Labute approximate surface area is 105 Å². The molecular weight excluding hydrogens is 239 g/mol. The molecule has 0 aliphatic heterocycles. The van der Waals surface area contributed by atoms with E-state index >= 15 is 0 Å². The largest absolute Gasteiger partial charge is 0.489 e. The number of hydrogen-bond donors (Lipinski definition) is 0. The van der Waals surface area contributed by atoms with Crippen LogP contribution in [0.4, 0.5) is 4.39 Å². The maximum atomic E-state index is 13.2. The van der Waals surface area contributed by atoms with Gasteiger partial charge in [-0.25, -0.2) is 4.39 Å². The van der Waals surface area contributed by atoms with Crippen LogP contribution in [0.25, 0.3) is 0 Å². The Morgan fingerprint density at radius 2 is 1.82 bits per heavy atom. The summed E-state index contributed by atoms with van der Waals surface area (Å²) in [5.74, 6) is 0.326. The lowest BCUT2D eigenvalue weighted by molar-refractivity contribution is 0.305. The summed E-state index contributed by atoms with van der Waals surface area (Å²) in [6.07, 6.45) is 0. The number of hydrogen-bond acceptors (Lipinski definition) is 1. The summed E-state index contributed by atoms with van der Waals surface area (Å²) in [5, 5.41) is 0.125. The van der Waals surface area contributed by atoms with Gasteiger partial charge in [0, 0.05) is 5.56 Å². The van der Waals surface area contributed by atoms with Crippen molar-refractivity contribution in [1.82, 2.24) is 0 Å². The minimum absolute atomic E-state index is 0.125. The van der Waals surface area contributed by atoms with Gasteiger partial charge < -0.3 is 4.74 Å². The standard InChI is InChI=1S/C14H12ClFO/c1-10-5-7-12(8-6-10)17-9-11-3-2-4-13(16)14(11)15/h2-8H,9H2,1H3. The molecule has 0 unspecified atom stereocenters. The molecule has 17 heavy (non-hydrogen) atoms. The number of halogens is 2. The second kappa shape index (κ2) is 5.19. The van der Waals surface area contributed by atoms with Gasteiger partial charge in [0.2, 0.25) is 0 Å². The first kappa shape index (κ1) is 11.9. The molecule has 0 bridgehead atoms. The molecular formula is C14H12ClFO. The molecule has 2 aromatic carbocycles. The third-order valence-electron chi connectivity index (χ3n) is 2.45. The molecule has 88 valence electrons. The second-order valence-electron chi connectivity index (χ2n) is 3.81. The Bertz CT molecular complexity index is 508. The van der Waals surface area contributed by atoms with Crippen LogP contribution < -0.4 is 4.74 Å². The van der Waals surface area contributed by atoms with Crippen molar-refractivity contribution >= 4 is 11.6 Å².